The minimum Gasteiger partial charge on any atom is -0.0843 e. The highest BCUT2D eigenvalue weighted by Gasteiger charge is 2.28. The van der Waals surface area contributed by atoms with Gasteiger partial charge < -0.3 is 0 Å². The SMILES string of the molecule is Clc1ccc(C(Br)C2Cc3ccccc3C2)c(Cl)c1. The molecule has 0 N–H and O–H groups in total. The van der Waals surface area contributed by atoms with Gasteiger partial charge >= 0.3 is 0 Å². The first kappa shape index (κ1) is 13.5. The van der Waals surface area contributed by atoms with Crippen LogP contribution in [0.2, 0.25) is 10.0 Å². The molecule has 3 rings (SSSR count). The normalized spacial score (nSPS) is 16.4. The number of hydrogen-bond acceptors (Lipinski definition) is 0. The molecule has 19 heavy (non-hydrogen) atoms. The lowest BCUT2D eigenvalue weighted by Crippen LogP contribution is -2.08. The van der Waals surface area contributed by atoms with Crippen LogP contribution in [0, 0.1) is 5.92 Å². The minimum absolute atomic E-state index is 0.268. The van der Waals surface area contributed by atoms with Gasteiger partial charge in [-0.25, -0.2) is 0 Å². The summed E-state index contributed by atoms with van der Waals surface area (Å²) < 4.78 is 0. The van der Waals surface area contributed by atoms with Crippen molar-refractivity contribution in [3.8, 4) is 0 Å². The molecule has 0 fully saturated rings. The van der Waals surface area contributed by atoms with Crippen LogP contribution in [0.15, 0.2) is 42.5 Å². The van der Waals surface area contributed by atoms with Gasteiger partial charge in [0.2, 0.25) is 0 Å². The second-order valence-corrected chi connectivity index (χ2v) is 6.83. The molecule has 1 atom stereocenters. The highest BCUT2D eigenvalue weighted by atomic mass is 79.9. The fourth-order valence-corrected chi connectivity index (χ4v) is 4.21. The maximum Gasteiger partial charge on any atom is 0.0464 e. The van der Waals surface area contributed by atoms with E-state index < -0.39 is 0 Å². The third-order valence-electron chi connectivity index (χ3n) is 3.76. The Kier molecular flexibility index (Phi) is 3.88. The minimum atomic E-state index is 0.268. The van der Waals surface area contributed by atoms with E-state index in [0.29, 0.717) is 10.9 Å². The summed E-state index contributed by atoms with van der Waals surface area (Å²) in [6, 6.07) is 14.4. The fourth-order valence-electron chi connectivity index (χ4n) is 2.78. The summed E-state index contributed by atoms with van der Waals surface area (Å²) in [5.41, 5.74) is 4.05. The zero-order valence-corrected chi connectivity index (χ0v) is 13.3. The van der Waals surface area contributed by atoms with Crippen LogP contribution in [0.4, 0.5) is 0 Å². The maximum absolute atomic E-state index is 6.30. The van der Waals surface area contributed by atoms with E-state index in [1.165, 1.54) is 11.1 Å². The summed E-state index contributed by atoms with van der Waals surface area (Å²) >= 11 is 16.1. The number of halogens is 3. The number of hydrogen-bond donors (Lipinski definition) is 0. The highest BCUT2D eigenvalue weighted by Crippen LogP contribution is 2.42. The zero-order chi connectivity index (χ0) is 13.4. The van der Waals surface area contributed by atoms with E-state index in [9.17, 15) is 0 Å². The molecule has 0 nitrogen and oxygen atoms in total. The average Bonchev–Trinajstić information content (AvgIpc) is 2.81. The monoisotopic (exact) mass is 354 g/mol. The molecule has 0 aliphatic heterocycles. The number of alkyl halides is 1. The Bertz CT molecular complexity index is 584. The van der Waals surface area contributed by atoms with Gasteiger partial charge in [-0.05, 0) is 47.6 Å². The zero-order valence-electron chi connectivity index (χ0n) is 10.2. The molecule has 0 saturated heterocycles. The van der Waals surface area contributed by atoms with Crippen LogP contribution in [-0.2, 0) is 12.8 Å². The summed E-state index contributed by atoms with van der Waals surface area (Å²) in [5.74, 6) is 0.552. The lowest BCUT2D eigenvalue weighted by atomic mass is 9.96. The summed E-state index contributed by atoms with van der Waals surface area (Å²) in [4.78, 5) is 0.268. The molecule has 1 aliphatic rings. The number of rotatable bonds is 2. The van der Waals surface area contributed by atoms with E-state index in [-0.39, 0.29) is 4.83 Å². The Morgan fingerprint density at radius 1 is 1.00 bits per heavy atom. The van der Waals surface area contributed by atoms with Crippen molar-refractivity contribution in [2.75, 3.05) is 0 Å². The van der Waals surface area contributed by atoms with Crippen molar-refractivity contribution in [1.82, 2.24) is 0 Å². The molecule has 0 amide bonds. The van der Waals surface area contributed by atoms with Crippen molar-refractivity contribution in [1.29, 1.82) is 0 Å². The molecule has 0 heterocycles. The van der Waals surface area contributed by atoms with Gasteiger partial charge in [0.05, 0.1) is 0 Å². The van der Waals surface area contributed by atoms with Gasteiger partial charge in [0.1, 0.15) is 0 Å². The predicted octanol–water partition coefficient (Wildman–Crippen LogP) is 5.84. The van der Waals surface area contributed by atoms with Crippen LogP contribution in [0.25, 0.3) is 0 Å². The Morgan fingerprint density at radius 3 is 2.21 bits per heavy atom. The third kappa shape index (κ3) is 2.69. The second-order valence-electron chi connectivity index (χ2n) is 5.00. The summed E-state index contributed by atoms with van der Waals surface area (Å²) in [6.07, 6.45) is 2.20. The summed E-state index contributed by atoms with van der Waals surface area (Å²) in [5, 5.41) is 1.42. The lowest BCUT2D eigenvalue weighted by Gasteiger charge is -2.19. The standard InChI is InChI=1S/C16H13BrCl2/c17-16(14-6-5-13(18)9-15(14)19)12-7-10-3-1-2-4-11(10)8-12/h1-6,9,12,16H,7-8H2. The van der Waals surface area contributed by atoms with Gasteiger partial charge in [-0.2, -0.15) is 0 Å². The molecule has 0 spiro atoms. The van der Waals surface area contributed by atoms with Crippen LogP contribution in [0.3, 0.4) is 0 Å². The van der Waals surface area contributed by atoms with E-state index in [0.717, 1.165) is 23.4 Å². The molecule has 0 radical (unpaired) electrons. The Balaban J connectivity index is 1.85. The topological polar surface area (TPSA) is 0 Å². The first-order valence-corrected chi connectivity index (χ1v) is 7.98. The van der Waals surface area contributed by atoms with Crippen molar-refractivity contribution in [3.05, 3.63) is 69.2 Å². The van der Waals surface area contributed by atoms with Crippen LogP contribution < -0.4 is 0 Å². The van der Waals surface area contributed by atoms with E-state index in [1.54, 1.807) is 0 Å². The van der Waals surface area contributed by atoms with Crippen LogP contribution in [0.1, 0.15) is 21.5 Å². The van der Waals surface area contributed by atoms with Gasteiger partial charge in [-0.15, -0.1) is 0 Å². The van der Waals surface area contributed by atoms with Gasteiger partial charge in [-0.1, -0.05) is 69.5 Å². The molecular weight excluding hydrogens is 343 g/mol. The molecule has 0 aromatic heterocycles. The van der Waals surface area contributed by atoms with E-state index in [1.807, 2.05) is 18.2 Å². The largest absolute Gasteiger partial charge is 0.0843 e. The van der Waals surface area contributed by atoms with E-state index in [4.69, 9.17) is 23.2 Å². The molecule has 0 bridgehead atoms. The Hall–Kier alpha value is -0.500. The molecule has 1 aliphatic carbocycles. The predicted molar refractivity (Wildman–Crippen MR) is 85.5 cm³/mol. The number of benzene rings is 2. The van der Waals surface area contributed by atoms with E-state index >= 15 is 0 Å². The third-order valence-corrected chi connectivity index (χ3v) is 5.56. The van der Waals surface area contributed by atoms with Gasteiger partial charge in [0.15, 0.2) is 0 Å². The Labute approximate surface area is 131 Å². The van der Waals surface area contributed by atoms with Crippen molar-refractivity contribution in [3.63, 3.8) is 0 Å². The van der Waals surface area contributed by atoms with Crippen LogP contribution >= 0.6 is 39.1 Å². The molecule has 98 valence electrons. The lowest BCUT2D eigenvalue weighted by molar-refractivity contribution is 0.554. The maximum atomic E-state index is 6.30. The average molecular weight is 356 g/mol. The molecule has 2 aromatic carbocycles. The Morgan fingerprint density at radius 2 is 1.63 bits per heavy atom. The smallest absolute Gasteiger partial charge is 0.0464 e. The second kappa shape index (κ2) is 5.47. The molecule has 0 saturated carbocycles. The van der Waals surface area contributed by atoms with Gasteiger partial charge in [0, 0.05) is 14.9 Å². The van der Waals surface area contributed by atoms with E-state index in [2.05, 4.69) is 40.2 Å². The van der Waals surface area contributed by atoms with Crippen LogP contribution in [-0.4, -0.2) is 0 Å². The summed E-state index contributed by atoms with van der Waals surface area (Å²) in [6.45, 7) is 0. The molecular formula is C16H13BrCl2. The highest BCUT2D eigenvalue weighted by molar-refractivity contribution is 9.09. The first-order valence-electron chi connectivity index (χ1n) is 6.31. The van der Waals surface area contributed by atoms with Crippen molar-refractivity contribution < 1.29 is 0 Å². The van der Waals surface area contributed by atoms with Gasteiger partial charge in [-0.3, -0.25) is 0 Å². The fraction of sp³-hybridized carbons (Fsp3) is 0.250. The number of fused-ring (bicyclic) bond motifs is 1. The van der Waals surface area contributed by atoms with Crippen molar-refractivity contribution in [2.24, 2.45) is 5.92 Å². The van der Waals surface area contributed by atoms with Crippen LogP contribution in [0.5, 0.6) is 0 Å². The molecule has 1 unspecified atom stereocenters. The quantitative estimate of drug-likeness (QED) is 0.593. The van der Waals surface area contributed by atoms with Crippen molar-refractivity contribution >= 4 is 39.1 Å². The summed E-state index contributed by atoms with van der Waals surface area (Å²) in [7, 11) is 0. The van der Waals surface area contributed by atoms with Crippen molar-refractivity contribution in [2.45, 2.75) is 17.7 Å². The van der Waals surface area contributed by atoms with Gasteiger partial charge in [0.25, 0.3) is 0 Å². The molecule has 2 aromatic rings. The molecule has 3 heteroatoms. The first-order chi connectivity index (χ1) is 9.15.